The van der Waals surface area contributed by atoms with Gasteiger partial charge >= 0.3 is 0 Å². The van der Waals surface area contributed by atoms with Gasteiger partial charge in [-0.3, -0.25) is 4.99 Å². The lowest BCUT2D eigenvalue weighted by Crippen LogP contribution is -2.41. The number of aliphatic imine (C=N–C) groups is 1. The predicted octanol–water partition coefficient (Wildman–Crippen LogP) is 5.49. The van der Waals surface area contributed by atoms with E-state index >= 15 is 0 Å². The third kappa shape index (κ3) is 2.82. The van der Waals surface area contributed by atoms with E-state index in [0.29, 0.717) is 0 Å². The van der Waals surface area contributed by atoms with E-state index in [2.05, 4.69) is 6.21 Å². The number of hydrogen-bond donors (Lipinski definition) is 0. The Balaban J connectivity index is 1.58. The molecular formula is C20H33N. The first-order valence-corrected chi connectivity index (χ1v) is 9.93. The molecule has 0 spiro atoms. The van der Waals surface area contributed by atoms with Crippen LogP contribution >= 0.6 is 0 Å². The van der Waals surface area contributed by atoms with Crippen molar-refractivity contribution in [3.8, 4) is 0 Å². The molecule has 0 bridgehead atoms. The fourth-order valence-corrected chi connectivity index (χ4v) is 6.44. The minimum Gasteiger partial charge on any atom is -0.297 e. The quantitative estimate of drug-likeness (QED) is 0.651. The first-order valence-electron chi connectivity index (χ1n) is 9.93. The zero-order valence-electron chi connectivity index (χ0n) is 13.7. The Hall–Kier alpha value is -0.330. The second-order valence-corrected chi connectivity index (χ2v) is 8.47. The number of nitrogens with zero attached hydrogens (tertiary/aromatic N) is 1. The van der Waals surface area contributed by atoms with Crippen LogP contribution in [-0.2, 0) is 0 Å². The summed E-state index contributed by atoms with van der Waals surface area (Å²) in [7, 11) is 0. The molecule has 1 aliphatic heterocycles. The molecule has 118 valence electrons. The Kier molecular flexibility index (Phi) is 4.37. The maximum atomic E-state index is 4.93. The van der Waals surface area contributed by atoms with Crippen LogP contribution in [0.2, 0.25) is 0 Å². The summed E-state index contributed by atoms with van der Waals surface area (Å²) in [5.74, 6) is 5.88. The van der Waals surface area contributed by atoms with Gasteiger partial charge in [-0.25, -0.2) is 0 Å². The van der Waals surface area contributed by atoms with Crippen LogP contribution < -0.4 is 0 Å². The molecule has 0 amide bonds. The molecule has 0 aromatic heterocycles. The molecule has 1 heteroatoms. The highest BCUT2D eigenvalue weighted by Gasteiger charge is 2.44. The van der Waals surface area contributed by atoms with Gasteiger partial charge in [0.1, 0.15) is 0 Å². The van der Waals surface area contributed by atoms with Crippen LogP contribution in [-0.4, -0.2) is 12.8 Å². The van der Waals surface area contributed by atoms with Gasteiger partial charge in [0.25, 0.3) is 0 Å². The molecule has 4 aliphatic rings. The van der Waals surface area contributed by atoms with Crippen LogP contribution in [0.25, 0.3) is 0 Å². The van der Waals surface area contributed by atoms with Crippen LogP contribution in [0, 0.1) is 35.5 Å². The molecule has 1 nitrogen and oxygen atoms in total. The van der Waals surface area contributed by atoms with Crippen molar-refractivity contribution in [1.29, 1.82) is 0 Å². The average Bonchev–Trinajstić information content (AvgIpc) is 3.28. The van der Waals surface area contributed by atoms with Gasteiger partial charge < -0.3 is 0 Å². The van der Waals surface area contributed by atoms with E-state index in [1.54, 1.807) is 0 Å². The van der Waals surface area contributed by atoms with Gasteiger partial charge in [0.2, 0.25) is 0 Å². The highest BCUT2D eigenvalue weighted by Crippen LogP contribution is 2.50. The van der Waals surface area contributed by atoms with E-state index in [4.69, 9.17) is 4.99 Å². The fraction of sp³-hybridized carbons (Fsp3) is 0.950. The van der Waals surface area contributed by atoms with E-state index in [0.717, 1.165) is 35.5 Å². The van der Waals surface area contributed by atoms with Crippen LogP contribution in [0.4, 0.5) is 0 Å². The number of rotatable bonds is 3. The second-order valence-electron chi connectivity index (χ2n) is 8.47. The highest BCUT2D eigenvalue weighted by molar-refractivity contribution is 5.63. The normalized spacial score (nSPS) is 39.5. The SMILES string of the molecule is C1=NCC(C2CCCC2)C(C2CCCC2)C1C1CCCC1. The minimum absolute atomic E-state index is 0.856. The Bertz CT molecular complexity index is 356. The van der Waals surface area contributed by atoms with E-state index in [1.807, 2.05) is 0 Å². The molecule has 0 aromatic rings. The Morgan fingerprint density at radius 2 is 1.14 bits per heavy atom. The zero-order valence-corrected chi connectivity index (χ0v) is 13.7. The van der Waals surface area contributed by atoms with Crippen LogP contribution in [0.3, 0.4) is 0 Å². The predicted molar refractivity (Wildman–Crippen MR) is 89.7 cm³/mol. The number of hydrogen-bond acceptors (Lipinski definition) is 1. The van der Waals surface area contributed by atoms with Crippen molar-refractivity contribution in [3.63, 3.8) is 0 Å². The minimum atomic E-state index is 0.856. The summed E-state index contributed by atoms with van der Waals surface area (Å²) >= 11 is 0. The first-order chi connectivity index (χ1) is 10.4. The lowest BCUT2D eigenvalue weighted by Gasteiger charge is -2.43. The molecule has 3 fully saturated rings. The molecule has 1 heterocycles. The molecule has 3 saturated carbocycles. The van der Waals surface area contributed by atoms with Gasteiger partial charge in [-0.2, -0.15) is 0 Å². The maximum absolute atomic E-state index is 4.93. The first kappa shape index (κ1) is 14.3. The maximum Gasteiger partial charge on any atom is 0.0419 e. The summed E-state index contributed by atoms with van der Waals surface area (Å²) in [5, 5.41) is 0. The molecule has 0 radical (unpaired) electrons. The van der Waals surface area contributed by atoms with Crippen LogP contribution in [0.1, 0.15) is 77.0 Å². The Morgan fingerprint density at radius 3 is 1.76 bits per heavy atom. The van der Waals surface area contributed by atoms with Crippen LogP contribution in [0.5, 0.6) is 0 Å². The topological polar surface area (TPSA) is 12.4 Å². The summed E-state index contributed by atoms with van der Waals surface area (Å²) in [6, 6.07) is 0. The third-order valence-electron chi connectivity index (χ3n) is 7.43. The van der Waals surface area contributed by atoms with Crippen molar-refractivity contribution >= 4 is 6.21 Å². The van der Waals surface area contributed by atoms with Crippen molar-refractivity contribution in [2.24, 2.45) is 40.5 Å². The van der Waals surface area contributed by atoms with E-state index < -0.39 is 0 Å². The lowest BCUT2D eigenvalue weighted by atomic mass is 9.63. The Morgan fingerprint density at radius 1 is 0.619 bits per heavy atom. The van der Waals surface area contributed by atoms with Gasteiger partial charge in [-0.05, 0) is 42.4 Å². The monoisotopic (exact) mass is 287 g/mol. The van der Waals surface area contributed by atoms with Gasteiger partial charge in [0.05, 0.1) is 0 Å². The summed E-state index contributed by atoms with van der Waals surface area (Å²) in [4.78, 5) is 4.93. The van der Waals surface area contributed by atoms with Gasteiger partial charge in [-0.15, -0.1) is 0 Å². The van der Waals surface area contributed by atoms with E-state index in [9.17, 15) is 0 Å². The molecule has 3 aliphatic carbocycles. The zero-order chi connectivity index (χ0) is 14.1. The molecule has 21 heavy (non-hydrogen) atoms. The van der Waals surface area contributed by atoms with Crippen LogP contribution in [0.15, 0.2) is 4.99 Å². The second kappa shape index (κ2) is 6.42. The average molecular weight is 287 g/mol. The standard InChI is InChI=1S/C20H33N/c1-2-8-15(7-1)18-13-21-14-19(16-9-3-4-10-16)20(18)17-11-5-6-12-17/h13,15-20H,1-12,14H2. The van der Waals surface area contributed by atoms with Gasteiger partial charge in [0.15, 0.2) is 0 Å². The molecule has 0 N–H and O–H groups in total. The molecular weight excluding hydrogens is 254 g/mol. The molecule has 4 rings (SSSR count). The van der Waals surface area contributed by atoms with Crippen molar-refractivity contribution < 1.29 is 0 Å². The van der Waals surface area contributed by atoms with Crippen molar-refractivity contribution in [2.75, 3.05) is 6.54 Å². The van der Waals surface area contributed by atoms with Crippen molar-refractivity contribution in [3.05, 3.63) is 0 Å². The molecule has 0 saturated heterocycles. The molecule has 0 aromatic carbocycles. The highest BCUT2D eigenvalue weighted by atomic mass is 14.8. The fourth-order valence-electron chi connectivity index (χ4n) is 6.44. The largest absolute Gasteiger partial charge is 0.297 e. The van der Waals surface area contributed by atoms with Crippen molar-refractivity contribution in [2.45, 2.75) is 77.0 Å². The van der Waals surface area contributed by atoms with Crippen molar-refractivity contribution in [1.82, 2.24) is 0 Å². The molecule has 3 atom stereocenters. The summed E-state index contributed by atoms with van der Waals surface area (Å²) in [6.07, 6.45) is 20.5. The third-order valence-corrected chi connectivity index (χ3v) is 7.43. The van der Waals surface area contributed by atoms with E-state index in [-0.39, 0.29) is 0 Å². The van der Waals surface area contributed by atoms with E-state index in [1.165, 1.54) is 83.6 Å². The lowest BCUT2D eigenvalue weighted by molar-refractivity contribution is 0.0998. The van der Waals surface area contributed by atoms with Gasteiger partial charge in [-0.1, -0.05) is 64.2 Å². The van der Waals surface area contributed by atoms with Gasteiger partial charge in [0, 0.05) is 18.7 Å². The Labute approximate surface area is 131 Å². The smallest absolute Gasteiger partial charge is 0.0419 e. The molecule has 3 unspecified atom stereocenters. The summed E-state index contributed by atoms with van der Waals surface area (Å²) < 4.78 is 0. The summed E-state index contributed by atoms with van der Waals surface area (Å²) in [5.41, 5.74) is 0. The summed E-state index contributed by atoms with van der Waals surface area (Å²) in [6.45, 7) is 1.18.